The molecule has 2 rings (SSSR count). The summed E-state index contributed by atoms with van der Waals surface area (Å²) in [6.07, 6.45) is 4.19. The summed E-state index contributed by atoms with van der Waals surface area (Å²) in [5, 5.41) is 0. The molecule has 0 bridgehead atoms. The summed E-state index contributed by atoms with van der Waals surface area (Å²) in [6.45, 7) is 6.34. The molecule has 2 heterocycles. The number of hydrogen-bond donors (Lipinski definition) is 0. The average molecular weight is 313 g/mol. The Kier molecular flexibility index (Phi) is 4.15. The van der Waals surface area contributed by atoms with E-state index in [-0.39, 0.29) is 5.91 Å². The number of nitrogens with zero attached hydrogens (tertiary/aromatic N) is 2. The molecule has 1 amide bonds. The minimum atomic E-state index is 0.158. The average Bonchev–Trinajstić information content (AvgIpc) is 2.67. The minimum absolute atomic E-state index is 0.158. The molecular weight excluding hydrogens is 292 g/mol. The first-order chi connectivity index (χ1) is 8.49. The Hall–Kier alpha value is -0.770. The van der Waals surface area contributed by atoms with Crippen molar-refractivity contribution in [3.05, 3.63) is 22.4 Å². The molecule has 0 spiro atoms. The number of rotatable bonds is 2. The van der Waals surface area contributed by atoms with Gasteiger partial charge in [-0.2, -0.15) is 0 Å². The molecule has 0 unspecified atom stereocenters. The van der Waals surface area contributed by atoms with E-state index < -0.39 is 0 Å². The maximum absolute atomic E-state index is 12.4. The van der Waals surface area contributed by atoms with Gasteiger partial charge in [0.1, 0.15) is 5.69 Å². The lowest BCUT2D eigenvalue weighted by Gasteiger charge is -2.33. The van der Waals surface area contributed by atoms with Crippen LogP contribution >= 0.6 is 15.9 Å². The lowest BCUT2D eigenvalue weighted by Crippen LogP contribution is -2.40. The summed E-state index contributed by atoms with van der Waals surface area (Å²) in [4.78, 5) is 14.4. The number of hydrogen-bond acceptors (Lipinski definition) is 1. The largest absolute Gasteiger partial charge is 0.345 e. The molecule has 0 saturated carbocycles. The standard InChI is InChI=1S/C14H21BrN2O/c1-10(2)11-4-6-17(7-5-11)14(18)13-8-12(15)9-16(13)3/h8-11H,4-7H2,1-3H3. The van der Waals surface area contributed by atoms with E-state index in [1.54, 1.807) is 0 Å². The molecular formula is C14H21BrN2O. The van der Waals surface area contributed by atoms with Gasteiger partial charge in [-0.1, -0.05) is 13.8 Å². The molecule has 0 atom stereocenters. The number of aryl methyl sites for hydroxylation is 1. The molecule has 0 N–H and O–H groups in total. The summed E-state index contributed by atoms with van der Waals surface area (Å²) in [5.41, 5.74) is 0.768. The van der Waals surface area contributed by atoms with Crippen molar-refractivity contribution in [2.75, 3.05) is 13.1 Å². The van der Waals surface area contributed by atoms with Crippen LogP contribution in [0, 0.1) is 11.8 Å². The van der Waals surface area contributed by atoms with Gasteiger partial charge in [-0.25, -0.2) is 0 Å². The number of halogens is 1. The molecule has 0 aliphatic carbocycles. The van der Waals surface area contributed by atoms with Crippen LogP contribution in [0.25, 0.3) is 0 Å². The first kappa shape index (κ1) is 13.7. The third-order valence-electron chi connectivity index (χ3n) is 3.96. The Bertz CT molecular complexity index is 431. The van der Waals surface area contributed by atoms with Gasteiger partial charge in [-0.15, -0.1) is 0 Å². The minimum Gasteiger partial charge on any atom is -0.345 e. The van der Waals surface area contributed by atoms with Crippen LogP contribution in [0.1, 0.15) is 37.2 Å². The summed E-state index contributed by atoms with van der Waals surface area (Å²) in [7, 11) is 1.92. The van der Waals surface area contributed by atoms with Gasteiger partial charge in [-0.3, -0.25) is 4.79 Å². The zero-order chi connectivity index (χ0) is 13.3. The topological polar surface area (TPSA) is 25.2 Å². The zero-order valence-corrected chi connectivity index (χ0v) is 12.9. The molecule has 1 aliphatic heterocycles. The van der Waals surface area contributed by atoms with E-state index in [9.17, 15) is 4.79 Å². The molecule has 1 aromatic rings. The van der Waals surface area contributed by atoms with Gasteiger partial charge in [-0.05, 0) is 46.7 Å². The summed E-state index contributed by atoms with van der Waals surface area (Å²) in [6, 6.07) is 1.90. The van der Waals surface area contributed by atoms with Gasteiger partial charge in [0.05, 0.1) is 0 Å². The van der Waals surface area contributed by atoms with E-state index in [0.717, 1.165) is 47.9 Å². The number of carbonyl (C=O) groups is 1. The van der Waals surface area contributed by atoms with Crippen LogP contribution in [0.2, 0.25) is 0 Å². The highest BCUT2D eigenvalue weighted by Crippen LogP contribution is 2.25. The molecule has 3 nitrogen and oxygen atoms in total. The highest BCUT2D eigenvalue weighted by molar-refractivity contribution is 9.10. The van der Waals surface area contributed by atoms with E-state index in [1.807, 2.05) is 28.8 Å². The molecule has 100 valence electrons. The normalized spacial score (nSPS) is 17.5. The highest BCUT2D eigenvalue weighted by Gasteiger charge is 2.26. The van der Waals surface area contributed by atoms with E-state index in [0.29, 0.717) is 0 Å². The predicted octanol–water partition coefficient (Wildman–Crippen LogP) is 3.30. The van der Waals surface area contributed by atoms with Crippen LogP contribution in [0.4, 0.5) is 0 Å². The van der Waals surface area contributed by atoms with Gasteiger partial charge >= 0.3 is 0 Å². The monoisotopic (exact) mass is 312 g/mol. The van der Waals surface area contributed by atoms with Crippen LogP contribution in [-0.4, -0.2) is 28.5 Å². The fourth-order valence-electron chi connectivity index (χ4n) is 2.67. The molecule has 18 heavy (non-hydrogen) atoms. The number of amides is 1. The van der Waals surface area contributed by atoms with Crippen molar-refractivity contribution in [1.29, 1.82) is 0 Å². The lowest BCUT2D eigenvalue weighted by atomic mass is 9.86. The maximum atomic E-state index is 12.4. The second kappa shape index (κ2) is 5.47. The Morgan fingerprint density at radius 2 is 2.00 bits per heavy atom. The second-order valence-corrected chi connectivity index (χ2v) is 6.44. The van der Waals surface area contributed by atoms with Gasteiger partial charge < -0.3 is 9.47 Å². The van der Waals surface area contributed by atoms with E-state index in [4.69, 9.17) is 0 Å². The Morgan fingerprint density at radius 3 is 2.44 bits per heavy atom. The molecule has 1 aromatic heterocycles. The van der Waals surface area contributed by atoms with Crippen LogP contribution < -0.4 is 0 Å². The Labute approximate surface area is 117 Å². The third kappa shape index (κ3) is 2.79. The number of carbonyl (C=O) groups excluding carboxylic acids is 1. The summed E-state index contributed by atoms with van der Waals surface area (Å²) >= 11 is 3.41. The summed E-state index contributed by atoms with van der Waals surface area (Å²) in [5.74, 6) is 1.66. The van der Waals surface area contributed by atoms with Crippen LogP contribution in [0.5, 0.6) is 0 Å². The molecule has 1 aliphatic rings. The maximum Gasteiger partial charge on any atom is 0.270 e. The van der Waals surface area contributed by atoms with Gasteiger partial charge in [0.15, 0.2) is 0 Å². The van der Waals surface area contributed by atoms with E-state index in [2.05, 4.69) is 29.8 Å². The highest BCUT2D eigenvalue weighted by atomic mass is 79.9. The van der Waals surface area contributed by atoms with Crippen molar-refractivity contribution in [2.24, 2.45) is 18.9 Å². The van der Waals surface area contributed by atoms with Crippen LogP contribution in [0.3, 0.4) is 0 Å². The Balaban J connectivity index is 2.02. The summed E-state index contributed by atoms with van der Waals surface area (Å²) < 4.78 is 2.85. The predicted molar refractivity (Wildman–Crippen MR) is 76.6 cm³/mol. The smallest absolute Gasteiger partial charge is 0.270 e. The fraction of sp³-hybridized carbons (Fsp3) is 0.643. The zero-order valence-electron chi connectivity index (χ0n) is 11.3. The van der Waals surface area contributed by atoms with Gasteiger partial charge in [0, 0.05) is 30.8 Å². The fourth-order valence-corrected chi connectivity index (χ4v) is 3.19. The molecule has 4 heteroatoms. The molecule has 0 radical (unpaired) electrons. The van der Waals surface area contributed by atoms with Crippen LogP contribution in [0.15, 0.2) is 16.7 Å². The van der Waals surface area contributed by atoms with E-state index >= 15 is 0 Å². The first-order valence-electron chi connectivity index (χ1n) is 6.60. The van der Waals surface area contributed by atoms with E-state index in [1.165, 1.54) is 0 Å². The van der Waals surface area contributed by atoms with Crippen molar-refractivity contribution in [2.45, 2.75) is 26.7 Å². The molecule has 0 aromatic carbocycles. The lowest BCUT2D eigenvalue weighted by molar-refractivity contribution is 0.0658. The van der Waals surface area contributed by atoms with Crippen LogP contribution in [-0.2, 0) is 7.05 Å². The van der Waals surface area contributed by atoms with Crippen molar-refractivity contribution in [1.82, 2.24) is 9.47 Å². The molecule has 1 fully saturated rings. The van der Waals surface area contributed by atoms with Crippen molar-refractivity contribution < 1.29 is 4.79 Å². The number of piperidine rings is 1. The second-order valence-electron chi connectivity index (χ2n) is 5.53. The molecule has 1 saturated heterocycles. The number of aromatic nitrogens is 1. The number of likely N-dealkylation sites (tertiary alicyclic amines) is 1. The first-order valence-corrected chi connectivity index (χ1v) is 7.39. The van der Waals surface area contributed by atoms with Gasteiger partial charge in [0.2, 0.25) is 0 Å². The van der Waals surface area contributed by atoms with Gasteiger partial charge in [0.25, 0.3) is 5.91 Å². The SMILES string of the molecule is CC(C)C1CCN(C(=O)c2cc(Br)cn2C)CC1. The van der Waals surface area contributed by atoms with Crippen molar-refractivity contribution >= 4 is 21.8 Å². The van der Waals surface area contributed by atoms with Crippen molar-refractivity contribution in [3.8, 4) is 0 Å². The van der Waals surface area contributed by atoms with Crippen molar-refractivity contribution in [3.63, 3.8) is 0 Å². The quantitative estimate of drug-likeness (QED) is 0.822. The third-order valence-corrected chi connectivity index (χ3v) is 4.39. The Morgan fingerprint density at radius 1 is 1.39 bits per heavy atom.